The third kappa shape index (κ3) is 9.63. The van der Waals surface area contributed by atoms with Crippen LogP contribution in [0, 0.1) is 11.8 Å². The largest absolute Gasteiger partial charge is 0.435 e. The Morgan fingerprint density at radius 2 is 2.00 bits per heavy atom. The fourth-order valence-corrected chi connectivity index (χ4v) is 2.79. The fourth-order valence-electron chi connectivity index (χ4n) is 2.79. The van der Waals surface area contributed by atoms with E-state index in [4.69, 9.17) is 0 Å². The smallest absolute Gasteiger partial charge is 0.396 e. The molecule has 1 rings (SSSR count). The number of aliphatic imine (C=N–C) groups is 1. The van der Waals surface area contributed by atoms with Crippen LogP contribution in [-0.2, 0) is 19.8 Å². The van der Waals surface area contributed by atoms with Crippen molar-refractivity contribution in [1.29, 1.82) is 0 Å². The summed E-state index contributed by atoms with van der Waals surface area (Å²) in [6, 6.07) is 0. The van der Waals surface area contributed by atoms with Gasteiger partial charge in [0.05, 0.1) is 6.54 Å². The highest BCUT2D eigenvalue weighted by atomic mass is 127. The molecule has 1 aromatic heterocycles. The van der Waals surface area contributed by atoms with E-state index in [0.717, 1.165) is 11.1 Å². The standard InChI is InChI=1S/C17H30F3N5O.HI/c1-5-21-16(22-9-13(6-7-26)8-12(2)3)23-10-14-11-25(4)24-15(14)17(18,19)20;/h11-13,26H,5-10H2,1-4H3,(H2,21,22,23);1H. The minimum atomic E-state index is -4.50. The lowest BCUT2D eigenvalue weighted by atomic mass is 9.94. The van der Waals surface area contributed by atoms with E-state index in [0.29, 0.717) is 31.4 Å². The number of alkyl halides is 3. The first-order valence-corrected chi connectivity index (χ1v) is 8.90. The molecule has 6 nitrogen and oxygen atoms in total. The quantitative estimate of drug-likeness (QED) is 0.274. The third-order valence-electron chi connectivity index (χ3n) is 3.83. The zero-order chi connectivity index (χ0) is 19.7. The number of aromatic nitrogens is 2. The average Bonchev–Trinajstić information content (AvgIpc) is 2.90. The van der Waals surface area contributed by atoms with Gasteiger partial charge in [-0.15, -0.1) is 24.0 Å². The van der Waals surface area contributed by atoms with Crippen LogP contribution in [0.5, 0.6) is 0 Å². The molecule has 0 aliphatic heterocycles. The van der Waals surface area contributed by atoms with Gasteiger partial charge in [0, 0.05) is 38.5 Å². The molecule has 0 aliphatic rings. The number of hydrogen-bond acceptors (Lipinski definition) is 3. The molecule has 158 valence electrons. The number of rotatable bonds is 9. The summed E-state index contributed by atoms with van der Waals surface area (Å²) >= 11 is 0. The first-order valence-electron chi connectivity index (χ1n) is 8.90. The van der Waals surface area contributed by atoms with Gasteiger partial charge in [-0.05, 0) is 31.6 Å². The predicted octanol–water partition coefficient (Wildman–Crippen LogP) is 3.16. The summed E-state index contributed by atoms with van der Waals surface area (Å²) in [5.74, 6) is 1.22. The van der Waals surface area contributed by atoms with Crippen molar-refractivity contribution in [3.63, 3.8) is 0 Å². The molecule has 1 heterocycles. The number of halogens is 4. The second-order valence-electron chi connectivity index (χ2n) is 6.76. The minimum Gasteiger partial charge on any atom is -0.396 e. The number of guanidine groups is 1. The monoisotopic (exact) mass is 505 g/mol. The van der Waals surface area contributed by atoms with Crippen LogP contribution in [0.2, 0.25) is 0 Å². The molecule has 1 atom stereocenters. The van der Waals surface area contributed by atoms with Crippen molar-refractivity contribution in [2.45, 2.75) is 46.3 Å². The molecule has 1 aromatic rings. The maximum atomic E-state index is 13.0. The summed E-state index contributed by atoms with van der Waals surface area (Å²) in [6.07, 6.45) is -1.54. The van der Waals surface area contributed by atoms with Gasteiger partial charge in [0.25, 0.3) is 0 Å². The molecule has 0 saturated carbocycles. The predicted molar refractivity (Wildman–Crippen MR) is 111 cm³/mol. The Morgan fingerprint density at radius 1 is 1.33 bits per heavy atom. The van der Waals surface area contributed by atoms with E-state index in [2.05, 4.69) is 34.6 Å². The van der Waals surface area contributed by atoms with E-state index < -0.39 is 11.9 Å². The average molecular weight is 505 g/mol. The van der Waals surface area contributed by atoms with Crippen molar-refractivity contribution in [3.8, 4) is 0 Å². The van der Waals surface area contributed by atoms with Crippen LogP contribution >= 0.6 is 24.0 Å². The number of aliphatic hydroxyl groups is 1. The normalized spacial score (nSPS) is 13.4. The van der Waals surface area contributed by atoms with Crippen LogP contribution in [-0.4, -0.2) is 40.5 Å². The molecule has 0 aliphatic carbocycles. The Kier molecular flexibility index (Phi) is 11.9. The summed E-state index contributed by atoms with van der Waals surface area (Å²) < 4.78 is 40.2. The molecule has 0 spiro atoms. The highest BCUT2D eigenvalue weighted by molar-refractivity contribution is 14.0. The number of aliphatic hydroxyl groups excluding tert-OH is 1. The summed E-state index contributed by atoms with van der Waals surface area (Å²) in [7, 11) is 1.46. The lowest BCUT2D eigenvalue weighted by Crippen LogP contribution is -2.40. The van der Waals surface area contributed by atoms with Crippen LogP contribution in [0.15, 0.2) is 11.2 Å². The molecular formula is C17H31F3IN5O. The SMILES string of the molecule is CCNC(=NCc1cn(C)nc1C(F)(F)F)NCC(CCO)CC(C)C.I. The molecule has 27 heavy (non-hydrogen) atoms. The Bertz CT molecular complexity index is 575. The Balaban J connectivity index is 0.00000676. The van der Waals surface area contributed by atoms with Gasteiger partial charge in [0.1, 0.15) is 0 Å². The molecular weight excluding hydrogens is 474 g/mol. The van der Waals surface area contributed by atoms with E-state index in [1.54, 1.807) is 0 Å². The van der Waals surface area contributed by atoms with Gasteiger partial charge in [-0.3, -0.25) is 4.68 Å². The molecule has 0 saturated heterocycles. The Morgan fingerprint density at radius 3 is 2.52 bits per heavy atom. The highest BCUT2D eigenvalue weighted by Gasteiger charge is 2.36. The molecule has 0 radical (unpaired) electrons. The summed E-state index contributed by atoms with van der Waals surface area (Å²) in [6.45, 7) is 7.31. The molecule has 0 bridgehead atoms. The van der Waals surface area contributed by atoms with Crippen molar-refractivity contribution < 1.29 is 18.3 Å². The second-order valence-corrected chi connectivity index (χ2v) is 6.76. The van der Waals surface area contributed by atoms with Crippen LogP contribution in [0.25, 0.3) is 0 Å². The van der Waals surface area contributed by atoms with Crippen molar-refractivity contribution in [2.75, 3.05) is 19.7 Å². The van der Waals surface area contributed by atoms with Gasteiger partial charge in [0.15, 0.2) is 11.7 Å². The number of nitrogens with one attached hydrogen (secondary N) is 2. The summed E-state index contributed by atoms with van der Waals surface area (Å²) in [4.78, 5) is 4.26. The Hall–Kier alpha value is -1.04. The lowest BCUT2D eigenvalue weighted by molar-refractivity contribution is -0.142. The first-order chi connectivity index (χ1) is 12.2. The van der Waals surface area contributed by atoms with E-state index in [1.165, 1.54) is 13.2 Å². The summed E-state index contributed by atoms with van der Waals surface area (Å²) in [5, 5.41) is 18.9. The number of aryl methyl sites for hydroxylation is 1. The topological polar surface area (TPSA) is 74.5 Å². The van der Waals surface area contributed by atoms with Crippen LogP contribution in [0.4, 0.5) is 13.2 Å². The second kappa shape index (κ2) is 12.4. The number of nitrogens with zero attached hydrogens (tertiary/aromatic N) is 3. The van der Waals surface area contributed by atoms with Gasteiger partial charge in [-0.25, -0.2) is 4.99 Å². The Labute approximate surface area is 176 Å². The highest BCUT2D eigenvalue weighted by Crippen LogP contribution is 2.30. The van der Waals surface area contributed by atoms with Gasteiger partial charge in [-0.2, -0.15) is 18.3 Å². The zero-order valence-corrected chi connectivity index (χ0v) is 18.6. The molecule has 0 aromatic carbocycles. The van der Waals surface area contributed by atoms with Crippen molar-refractivity contribution in [3.05, 3.63) is 17.5 Å². The van der Waals surface area contributed by atoms with Crippen LogP contribution in [0.3, 0.4) is 0 Å². The minimum absolute atomic E-state index is 0. The van der Waals surface area contributed by atoms with Gasteiger partial charge < -0.3 is 15.7 Å². The molecule has 3 N–H and O–H groups in total. The van der Waals surface area contributed by atoms with Crippen molar-refractivity contribution in [2.24, 2.45) is 23.9 Å². The fraction of sp³-hybridized carbons (Fsp3) is 0.765. The maximum Gasteiger partial charge on any atom is 0.435 e. The van der Waals surface area contributed by atoms with Crippen LogP contribution in [0.1, 0.15) is 44.9 Å². The lowest BCUT2D eigenvalue weighted by Gasteiger charge is -2.20. The van der Waals surface area contributed by atoms with Crippen molar-refractivity contribution >= 4 is 29.9 Å². The number of hydrogen-bond donors (Lipinski definition) is 3. The molecule has 0 fully saturated rings. The third-order valence-corrected chi connectivity index (χ3v) is 3.83. The maximum absolute atomic E-state index is 13.0. The molecule has 0 amide bonds. The van der Waals surface area contributed by atoms with Gasteiger partial charge >= 0.3 is 6.18 Å². The molecule has 10 heteroatoms. The summed E-state index contributed by atoms with van der Waals surface area (Å²) in [5.41, 5.74) is -0.871. The van der Waals surface area contributed by atoms with Gasteiger partial charge in [-0.1, -0.05) is 13.8 Å². The van der Waals surface area contributed by atoms with E-state index >= 15 is 0 Å². The van der Waals surface area contributed by atoms with Crippen molar-refractivity contribution in [1.82, 2.24) is 20.4 Å². The van der Waals surface area contributed by atoms with E-state index in [9.17, 15) is 18.3 Å². The van der Waals surface area contributed by atoms with Crippen LogP contribution < -0.4 is 10.6 Å². The molecule has 1 unspecified atom stereocenters. The van der Waals surface area contributed by atoms with E-state index in [1.807, 2.05) is 6.92 Å². The van der Waals surface area contributed by atoms with E-state index in [-0.39, 0.29) is 48.6 Å². The van der Waals surface area contributed by atoms with Gasteiger partial charge in [0.2, 0.25) is 0 Å². The first kappa shape index (κ1) is 26.0. The zero-order valence-electron chi connectivity index (χ0n) is 16.3.